The van der Waals surface area contributed by atoms with Crippen LogP contribution in [0.1, 0.15) is 5.82 Å². The number of benzene rings is 2. The van der Waals surface area contributed by atoms with Crippen LogP contribution < -0.4 is 5.73 Å². The van der Waals surface area contributed by atoms with Crippen molar-refractivity contribution in [3.8, 4) is 5.69 Å². The van der Waals surface area contributed by atoms with Crippen LogP contribution in [0.25, 0.3) is 16.7 Å². The van der Waals surface area contributed by atoms with Crippen molar-refractivity contribution in [2.75, 3.05) is 5.73 Å². The number of aliphatic hydroxyl groups is 1. The molecule has 3 aromatic rings. The van der Waals surface area contributed by atoms with Crippen molar-refractivity contribution < 1.29 is 9.50 Å². The van der Waals surface area contributed by atoms with E-state index in [0.717, 1.165) is 4.47 Å². The van der Waals surface area contributed by atoms with Gasteiger partial charge in [-0.25, -0.2) is 9.37 Å². The van der Waals surface area contributed by atoms with E-state index in [1.807, 2.05) is 0 Å². The first-order valence-corrected chi connectivity index (χ1v) is 6.72. The number of aromatic nitrogens is 2. The monoisotopic (exact) mass is 335 g/mol. The van der Waals surface area contributed by atoms with Crippen molar-refractivity contribution in [3.05, 3.63) is 52.5 Å². The van der Waals surface area contributed by atoms with Crippen LogP contribution in [0.3, 0.4) is 0 Å². The van der Waals surface area contributed by atoms with E-state index in [1.165, 1.54) is 6.07 Å². The zero-order valence-corrected chi connectivity index (χ0v) is 11.9. The summed E-state index contributed by atoms with van der Waals surface area (Å²) in [5, 5.41) is 9.46. The minimum Gasteiger partial charge on any atom is -0.399 e. The molecule has 6 heteroatoms. The second kappa shape index (κ2) is 4.88. The number of halogens is 2. The van der Waals surface area contributed by atoms with Gasteiger partial charge < -0.3 is 10.8 Å². The maximum absolute atomic E-state index is 14.1. The molecule has 0 unspecified atom stereocenters. The molecule has 0 radical (unpaired) electrons. The summed E-state index contributed by atoms with van der Waals surface area (Å²) in [7, 11) is 0. The summed E-state index contributed by atoms with van der Waals surface area (Å²) in [6.07, 6.45) is 0. The molecule has 0 bridgehead atoms. The first kappa shape index (κ1) is 13.1. The molecule has 1 heterocycles. The Bertz CT molecular complexity index is 800. The summed E-state index contributed by atoms with van der Waals surface area (Å²) in [6.45, 7) is -0.291. The highest BCUT2D eigenvalue weighted by Crippen LogP contribution is 2.27. The summed E-state index contributed by atoms with van der Waals surface area (Å²) in [4.78, 5) is 4.29. The Morgan fingerprint density at radius 1 is 1.25 bits per heavy atom. The van der Waals surface area contributed by atoms with E-state index in [-0.39, 0.29) is 12.4 Å². The minimum atomic E-state index is -0.390. The van der Waals surface area contributed by atoms with Crippen LogP contribution in [0.4, 0.5) is 10.1 Å². The summed E-state index contributed by atoms with van der Waals surface area (Å²) in [5.41, 5.74) is 7.94. The molecular weight excluding hydrogens is 325 g/mol. The van der Waals surface area contributed by atoms with Gasteiger partial charge in [-0.2, -0.15) is 0 Å². The van der Waals surface area contributed by atoms with Gasteiger partial charge in [0.05, 0.1) is 16.7 Å². The van der Waals surface area contributed by atoms with E-state index in [9.17, 15) is 9.50 Å². The second-order valence-electron chi connectivity index (χ2n) is 4.37. The number of nitrogen functional groups attached to an aromatic ring is 1. The molecule has 2 aromatic carbocycles. The minimum absolute atomic E-state index is 0.291. The predicted octanol–water partition coefficient (Wildman–Crippen LogP) is 3.00. The average Bonchev–Trinajstić information content (AvgIpc) is 2.78. The lowest BCUT2D eigenvalue weighted by Gasteiger charge is -2.09. The molecule has 0 saturated heterocycles. The molecule has 0 aliphatic heterocycles. The van der Waals surface area contributed by atoms with E-state index >= 15 is 0 Å². The van der Waals surface area contributed by atoms with E-state index in [2.05, 4.69) is 20.9 Å². The Hall–Kier alpha value is -1.92. The van der Waals surface area contributed by atoms with Crippen molar-refractivity contribution in [1.29, 1.82) is 0 Å². The third-order valence-electron chi connectivity index (χ3n) is 3.04. The van der Waals surface area contributed by atoms with Gasteiger partial charge in [-0.05, 0) is 36.4 Å². The fraction of sp³-hybridized carbons (Fsp3) is 0.0714. The second-order valence-corrected chi connectivity index (χ2v) is 5.28. The summed E-state index contributed by atoms with van der Waals surface area (Å²) in [6, 6.07) is 9.81. The smallest absolute Gasteiger partial charge is 0.147 e. The molecule has 0 saturated carbocycles. The Balaban J connectivity index is 2.37. The highest BCUT2D eigenvalue weighted by Gasteiger charge is 2.15. The molecule has 20 heavy (non-hydrogen) atoms. The lowest BCUT2D eigenvalue weighted by molar-refractivity contribution is 0.270. The largest absolute Gasteiger partial charge is 0.399 e. The Morgan fingerprint density at radius 2 is 2.05 bits per heavy atom. The highest BCUT2D eigenvalue weighted by atomic mass is 79.9. The normalized spacial score (nSPS) is 11.2. The van der Waals surface area contributed by atoms with Crippen LogP contribution in [-0.4, -0.2) is 14.7 Å². The summed E-state index contributed by atoms with van der Waals surface area (Å²) in [5.74, 6) is -0.0263. The van der Waals surface area contributed by atoms with Gasteiger partial charge in [-0.1, -0.05) is 15.9 Å². The first-order chi connectivity index (χ1) is 9.60. The molecule has 3 rings (SSSR count). The standard InChI is InChI=1S/C14H11BrFN3O/c15-8-1-3-10(16)13(5-8)19-12-4-2-9(17)6-11(12)18-14(19)7-20/h1-6,20H,7,17H2. The van der Waals surface area contributed by atoms with Gasteiger partial charge in [0, 0.05) is 10.2 Å². The third kappa shape index (κ3) is 2.07. The van der Waals surface area contributed by atoms with Crippen LogP contribution in [0.2, 0.25) is 0 Å². The fourth-order valence-electron chi connectivity index (χ4n) is 2.18. The van der Waals surface area contributed by atoms with Gasteiger partial charge in [0.25, 0.3) is 0 Å². The molecule has 0 atom stereocenters. The van der Waals surface area contributed by atoms with Crippen molar-refractivity contribution in [2.24, 2.45) is 0 Å². The molecular formula is C14H11BrFN3O. The Labute approximate surface area is 122 Å². The molecule has 4 nitrogen and oxygen atoms in total. The summed E-state index contributed by atoms with van der Waals surface area (Å²) >= 11 is 3.32. The van der Waals surface area contributed by atoms with Crippen LogP contribution in [0.5, 0.6) is 0 Å². The topological polar surface area (TPSA) is 64.1 Å². The molecule has 0 spiro atoms. The molecule has 0 fully saturated rings. The van der Waals surface area contributed by atoms with Crippen LogP contribution in [-0.2, 0) is 6.61 Å². The number of imidazole rings is 1. The highest BCUT2D eigenvalue weighted by molar-refractivity contribution is 9.10. The van der Waals surface area contributed by atoms with Gasteiger partial charge in [0.2, 0.25) is 0 Å². The predicted molar refractivity (Wildman–Crippen MR) is 79.1 cm³/mol. The molecule has 0 amide bonds. The maximum Gasteiger partial charge on any atom is 0.147 e. The van der Waals surface area contributed by atoms with Crippen molar-refractivity contribution in [3.63, 3.8) is 0 Å². The lowest BCUT2D eigenvalue weighted by atomic mass is 10.2. The van der Waals surface area contributed by atoms with Gasteiger partial charge in [-0.15, -0.1) is 0 Å². The number of hydrogen-bond acceptors (Lipinski definition) is 3. The molecule has 1 aromatic heterocycles. The summed E-state index contributed by atoms with van der Waals surface area (Å²) < 4.78 is 16.4. The van der Waals surface area contributed by atoms with E-state index in [4.69, 9.17) is 5.73 Å². The van der Waals surface area contributed by atoms with Crippen LogP contribution >= 0.6 is 15.9 Å². The van der Waals surface area contributed by atoms with E-state index < -0.39 is 0 Å². The molecule has 3 N–H and O–H groups in total. The number of anilines is 1. The van der Waals surface area contributed by atoms with Crippen LogP contribution in [0, 0.1) is 5.82 Å². The van der Waals surface area contributed by atoms with E-state index in [1.54, 1.807) is 34.9 Å². The van der Waals surface area contributed by atoms with Crippen molar-refractivity contribution >= 4 is 32.7 Å². The first-order valence-electron chi connectivity index (χ1n) is 5.93. The zero-order valence-electron chi connectivity index (χ0n) is 10.3. The maximum atomic E-state index is 14.1. The van der Waals surface area contributed by atoms with Gasteiger partial charge in [0.15, 0.2) is 0 Å². The Kier molecular flexibility index (Phi) is 3.19. The third-order valence-corrected chi connectivity index (χ3v) is 3.53. The van der Waals surface area contributed by atoms with Gasteiger partial charge in [0.1, 0.15) is 18.2 Å². The number of nitrogens with two attached hydrogens (primary N) is 1. The zero-order chi connectivity index (χ0) is 14.3. The quantitative estimate of drug-likeness (QED) is 0.707. The van der Waals surface area contributed by atoms with Gasteiger partial charge >= 0.3 is 0 Å². The average molecular weight is 336 g/mol. The molecule has 0 aliphatic rings. The number of rotatable bonds is 2. The number of aliphatic hydroxyl groups excluding tert-OH is 1. The fourth-order valence-corrected chi connectivity index (χ4v) is 2.53. The van der Waals surface area contributed by atoms with Crippen molar-refractivity contribution in [2.45, 2.75) is 6.61 Å². The molecule has 0 aliphatic carbocycles. The van der Waals surface area contributed by atoms with E-state index in [0.29, 0.717) is 28.2 Å². The number of hydrogen-bond donors (Lipinski definition) is 2. The molecule has 102 valence electrons. The lowest BCUT2D eigenvalue weighted by Crippen LogP contribution is -2.03. The number of fused-ring (bicyclic) bond motifs is 1. The van der Waals surface area contributed by atoms with Gasteiger partial charge in [-0.3, -0.25) is 4.57 Å². The Morgan fingerprint density at radius 3 is 2.80 bits per heavy atom. The van der Waals surface area contributed by atoms with Crippen LogP contribution in [0.15, 0.2) is 40.9 Å². The SMILES string of the molecule is Nc1ccc2c(c1)nc(CO)n2-c1cc(Br)ccc1F. The van der Waals surface area contributed by atoms with Crippen molar-refractivity contribution in [1.82, 2.24) is 9.55 Å². The number of nitrogens with zero attached hydrogens (tertiary/aromatic N) is 2.